The summed E-state index contributed by atoms with van der Waals surface area (Å²) in [5, 5.41) is 7.34. The molecular weight excluding hydrogens is 366 g/mol. The van der Waals surface area contributed by atoms with Gasteiger partial charge in [-0.3, -0.25) is 4.79 Å². The molecule has 0 aromatic carbocycles. The van der Waals surface area contributed by atoms with Gasteiger partial charge < -0.3 is 19.6 Å². The van der Waals surface area contributed by atoms with E-state index < -0.39 is 0 Å². The van der Waals surface area contributed by atoms with Gasteiger partial charge in [-0.25, -0.2) is 0 Å². The maximum absolute atomic E-state index is 12.7. The first-order valence-corrected chi connectivity index (χ1v) is 11.7. The van der Waals surface area contributed by atoms with Crippen LogP contribution in [0.2, 0.25) is 0 Å². The number of likely N-dealkylation sites (tertiary alicyclic amines) is 1. The van der Waals surface area contributed by atoms with Gasteiger partial charge in [-0.1, -0.05) is 5.16 Å². The Morgan fingerprint density at radius 1 is 1.07 bits per heavy atom. The molecule has 1 aromatic heterocycles. The maximum Gasteiger partial charge on any atom is 0.324 e. The Balaban J connectivity index is 1.17. The van der Waals surface area contributed by atoms with Crippen molar-refractivity contribution in [3.8, 4) is 0 Å². The highest BCUT2D eigenvalue weighted by molar-refractivity contribution is 5.79. The first kappa shape index (κ1) is 19.3. The lowest BCUT2D eigenvalue weighted by Crippen LogP contribution is -2.59. The average Bonchev–Trinajstić information content (AvgIpc) is 3.12. The number of anilines is 1. The number of amides is 1. The third-order valence-electron chi connectivity index (χ3n) is 7.99. The minimum Gasteiger partial charge on any atom is -0.351 e. The van der Waals surface area contributed by atoms with Crippen LogP contribution < -0.4 is 10.2 Å². The van der Waals surface area contributed by atoms with E-state index in [0.29, 0.717) is 24.0 Å². The Bertz CT molecular complexity index is 723. The zero-order chi connectivity index (χ0) is 20.0. The van der Waals surface area contributed by atoms with Crippen molar-refractivity contribution in [1.29, 1.82) is 0 Å². The van der Waals surface area contributed by atoms with Gasteiger partial charge in [-0.05, 0) is 91.1 Å². The Morgan fingerprint density at radius 2 is 1.76 bits per heavy atom. The smallest absolute Gasteiger partial charge is 0.324 e. The van der Waals surface area contributed by atoms with E-state index in [-0.39, 0.29) is 11.5 Å². The standard InChI is InChI=1S/C22H35N5O2/c1-15-23-21(29-25-15)27-17-5-3-6-18(27)14-19(13-17)26-11-7-16(8-12-26)20(28)24-22(2)9-4-10-22/h16-19H,3-14H2,1-2H3,(H,24,28). The van der Waals surface area contributed by atoms with Gasteiger partial charge in [0.15, 0.2) is 5.82 Å². The van der Waals surface area contributed by atoms with Crippen LogP contribution in [0.5, 0.6) is 0 Å². The molecule has 0 spiro atoms. The molecule has 2 atom stereocenters. The van der Waals surface area contributed by atoms with Gasteiger partial charge >= 0.3 is 6.01 Å². The predicted octanol–water partition coefficient (Wildman–Crippen LogP) is 3.04. The fourth-order valence-electron chi connectivity index (χ4n) is 6.11. The molecule has 2 bridgehead atoms. The van der Waals surface area contributed by atoms with Gasteiger partial charge in [-0.15, -0.1) is 0 Å². The lowest BCUT2D eigenvalue weighted by molar-refractivity contribution is -0.129. The number of nitrogens with zero attached hydrogens (tertiary/aromatic N) is 4. The number of hydrogen-bond acceptors (Lipinski definition) is 6. The largest absolute Gasteiger partial charge is 0.351 e. The SMILES string of the molecule is Cc1noc(N2C3CCCC2CC(N2CCC(C(=O)NC4(C)CCC4)CC2)C3)n1. The Morgan fingerprint density at radius 3 is 2.31 bits per heavy atom. The van der Waals surface area contributed by atoms with Crippen molar-refractivity contribution in [2.24, 2.45) is 5.92 Å². The lowest BCUT2D eigenvalue weighted by Gasteiger charge is -2.51. The van der Waals surface area contributed by atoms with Crippen LogP contribution in [0.15, 0.2) is 4.52 Å². The molecular formula is C22H35N5O2. The molecule has 4 aliphatic rings. The first-order chi connectivity index (χ1) is 14.0. The fourth-order valence-corrected chi connectivity index (χ4v) is 6.11. The van der Waals surface area contributed by atoms with Crippen LogP contribution >= 0.6 is 0 Å². The summed E-state index contributed by atoms with van der Waals surface area (Å²) in [6, 6.07) is 2.35. The molecule has 5 rings (SSSR count). The fraction of sp³-hybridized carbons (Fsp3) is 0.864. The summed E-state index contributed by atoms with van der Waals surface area (Å²) in [6.07, 6.45) is 11.6. The summed E-state index contributed by atoms with van der Waals surface area (Å²) in [5.41, 5.74) is 0.0750. The molecule has 1 saturated carbocycles. The van der Waals surface area contributed by atoms with E-state index in [2.05, 4.69) is 32.2 Å². The number of aryl methyl sites for hydroxylation is 1. The van der Waals surface area contributed by atoms with Gasteiger partial charge in [0.25, 0.3) is 0 Å². The minimum absolute atomic E-state index is 0.0750. The van der Waals surface area contributed by atoms with Crippen LogP contribution in [0.25, 0.3) is 0 Å². The number of nitrogens with one attached hydrogen (secondary N) is 1. The highest BCUT2D eigenvalue weighted by Crippen LogP contribution is 2.39. The van der Waals surface area contributed by atoms with Crippen LogP contribution in [0.1, 0.15) is 77.0 Å². The van der Waals surface area contributed by atoms with Crippen LogP contribution in [-0.4, -0.2) is 57.7 Å². The van der Waals surface area contributed by atoms with Crippen LogP contribution in [0.4, 0.5) is 6.01 Å². The van der Waals surface area contributed by atoms with Crippen molar-refractivity contribution in [2.75, 3.05) is 18.0 Å². The number of hydrogen-bond donors (Lipinski definition) is 1. The van der Waals surface area contributed by atoms with E-state index in [4.69, 9.17) is 4.52 Å². The van der Waals surface area contributed by atoms with E-state index in [1.54, 1.807) is 0 Å². The predicted molar refractivity (Wildman–Crippen MR) is 111 cm³/mol. The van der Waals surface area contributed by atoms with E-state index in [0.717, 1.165) is 50.6 Å². The molecule has 3 saturated heterocycles. The maximum atomic E-state index is 12.7. The van der Waals surface area contributed by atoms with Crippen LogP contribution in [0, 0.1) is 12.8 Å². The molecule has 1 aliphatic carbocycles. The molecule has 1 aromatic rings. The topological polar surface area (TPSA) is 74.5 Å². The third-order valence-corrected chi connectivity index (χ3v) is 7.99. The zero-order valence-electron chi connectivity index (χ0n) is 17.9. The third kappa shape index (κ3) is 3.78. The molecule has 160 valence electrons. The Labute approximate surface area is 173 Å². The molecule has 4 heterocycles. The Hall–Kier alpha value is -1.63. The van der Waals surface area contributed by atoms with Crippen molar-refractivity contribution < 1.29 is 9.32 Å². The van der Waals surface area contributed by atoms with Crippen LogP contribution in [-0.2, 0) is 4.79 Å². The van der Waals surface area contributed by atoms with Gasteiger partial charge in [0.2, 0.25) is 5.91 Å². The van der Waals surface area contributed by atoms with E-state index in [9.17, 15) is 4.79 Å². The number of rotatable bonds is 4. The normalized spacial score (nSPS) is 32.6. The van der Waals surface area contributed by atoms with Gasteiger partial charge in [0.1, 0.15) is 0 Å². The highest BCUT2D eigenvalue weighted by atomic mass is 16.5. The van der Waals surface area contributed by atoms with Gasteiger partial charge in [-0.2, -0.15) is 4.98 Å². The quantitative estimate of drug-likeness (QED) is 0.836. The molecule has 29 heavy (non-hydrogen) atoms. The number of carbonyl (C=O) groups excluding carboxylic acids is 1. The lowest BCUT2D eigenvalue weighted by atomic mass is 9.77. The van der Waals surface area contributed by atoms with Crippen LogP contribution in [0.3, 0.4) is 0 Å². The first-order valence-electron chi connectivity index (χ1n) is 11.7. The van der Waals surface area contributed by atoms with E-state index in [1.165, 1.54) is 38.5 Å². The second-order valence-electron chi connectivity index (χ2n) is 10.1. The summed E-state index contributed by atoms with van der Waals surface area (Å²) in [4.78, 5) is 22.3. The highest BCUT2D eigenvalue weighted by Gasteiger charge is 2.43. The molecule has 4 fully saturated rings. The van der Waals surface area contributed by atoms with Crippen molar-refractivity contribution in [1.82, 2.24) is 20.4 Å². The molecule has 1 N–H and O–H groups in total. The van der Waals surface area contributed by atoms with E-state index >= 15 is 0 Å². The number of fused-ring (bicyclic) bond motifs is 2. The number of carbonyl (C=O) groups is 1. The average molecular weight is 402 g/mol. The summed E-state index contributed by atoms with van der Waals surface area (Å²) >= 11 is 0. The summed E-state index contributed by atoms with van der Waals surface area (Å²) in [6.45, 7) is 6.19. The zero-order valence-corrected chi connectivity index (χ0v) is 17.9. The van der Waals surface area contributed by atoms with E-state index in [1.807, 2.05) is 6.92 Å². The molecule has 3 aliphatic heterocycles. The molecule has 1 amide bonds. The van der Waals surface area contributed by atoms with Crippen molar-refractivity contribution in [2.45, 2.75) is 102 Å². The monoisotopic (exact) mass is 401 g/mol. The van der Waals surface area contributed by atoms with Crippen molar-refractivity contribution >= 4 is 11.9 Å². The van der Waals surface area contributed by atoms with Crippen molar-refractivity contribution in [3.05, 3.63) is 5.82 Å². The molecule has 0 radical (unpaired) electrons. The second-order valence-corrected chi connectivity index (χ2v) is 10.1. The summed E-state index contributed by atoms with van der Waals surface area (Å²) in [5.74, 6) is 1.21. The molecule has 7 nitrogen and oxygen atoms in total. The van der Waals surface area contributed by atoms with Gasteiger partial charge in [0, 0.05) is 29.6 Å². The Kier molecular flexibility index (Phi) is 5.04. The summed E-state index contributed by atoms with van der Waals surface area (Å²) in [7, 11) is 0. The number of aromatic nitrogens is 2. The van der Waals surface area contributed by atoms with Crippen molar-refractivity contribution in [3.63, 3.8) is 0 Å². The molecule has 2 unspecified atom stereocenters. The van der Waals surface area contributed by atoms with Gasteiger partial charge in [0.05, 0.1) is 0 Å². The second kappa shape index (κ2) is 7.56. The number of piperidine rings is 3. The summed E-state index contributed by atoms with van der Waals surface area (Å²) < 4.78 is 5.52. The molecule has 7 heteroatoms. The minimum atomic E-state index is 0.0750.